The van der Waals surface area contributed by atoms with Crippen LogP contribution in [0.25, 0.3) is 0 Å². The number of hydrogen-bond donors (Lipinski definition) is 2. The summed E-state index contributed by atoms with van der Waals surface area (Å²) in [5.41, 5.74) is 0. The molecule has 0 aromatic heterocycles. The highest BCUT2D eigenvalue weighted by molar-refractivity contribution is 5.77. The monoisotopic (exact) mass is 652 g/mol. The molecule has 0 rings (SSSR count). The lowest BCUT2D eigenvalue weighted by atomic mass is 9.91. The van der Waals surface area contributed by atoms with Gasteiger partial charge in [0.25, 0.3) is 0 Å². The lowest BCUT2D eigenvalue weighted by Crippen LogP contribution is -2.74. The molecule has 0 aromatic rings. The second-order valence-electron chi connectivity index (χ2n) is 13.7. The van der Waals surface area contributed by atoms with E-state index in [2.05, 4.69) is 19.1 Å². The summed E-state index contributed by atoms with van der Waals surface area (Å²) in [7, 11) is 0. The quantitative estimate of drug-likeness (QED) is 0.0407. The van der Waals surface area contributed by atoms with Crippen molar-refractivity contribution in [3.8, 4) is 0 Å². The zero-order valence-corrected chi connectivity index (χ0v) is 30.5. The lowest BCUT2D eigenvalue weighted by molar-refractivity contribution is -0.975. The predicted octanol–water partition coefficient (Wildman–Crippen LogP) is 9.61. The number of carboxylic acids is 3. The molecular weight excluding hydrogens is 578 g/mol. The smallest absolute Gasteiger partial charge is 0.362 e. The van der Waals surface area contributed by atoms with Crippen molar-refractivity contribution in [1.82, 2.24) is 0 Å². The van der Waals surface area contributed by atoms with Gasteiger partial charge in [-0.3, -0.25) is 4.48 Å². The van der Waals surface area contributed by atoms with Gasteiger partial charge in [-0.2, -0.15) is 0 Å². The fourth-order valence-electron chi connectivity index (χ4n) is 7.33. The molecule has 0 amide bonds. The fraction of sp³-hybridized carbons (Fsp3) is 0.872. The van der Waals surface area contributed by atoms with E-state index in [0.717, 1.165) is 19.3 Å². The molecular formula is C39H73NO6. The molecule has 7 heteroatoms. The number of aliphatic carboxylic acids is 3. The highest BCUT2D eigenvalue weighted by Gasteiger charge is 2.54. The molecule has 7 nitrogen and oxygen atoms in total. The van der Waals surface area contributed by atoms with Crippen LogP contribution in [0.15, 0.2) is 12.2 Å². The van der Waals surface area contributed by atoms with Crippen LogP contribution in [0.4, 0.5) is 0 Å². The first-order valence-corrected chi connectivity index (χ1v) is 19.4. The molecule has 270 valence electrons. The fourth-order valence-corrected chi connectivity index (χ4v) is 7.33. The van der Waals surface area contributed by atoms with E-state index in [1.54, 1.807) is 0 Å². The molecule has 0 bridgehead atoms. The van der Waals surface area contributed by atoms with E-state index < -0.39 is 40.5 Å². The SMILES string of the molecule is CCCCCCC/C=C/CCCCCCCCCCCCCCC[N+](C(CCC)C(=O)[O-])(C(CCC)C(=O)O)C(CCC)C(=O)O. The molecule has 0 saturated heterocycles. The number of carboxylic acid groups (broad SMARTS) is 3. The molecule has 0 saturated carbocycles. The molecule has 0 aliphatic rings. The third-order valence-electron chi connectivity index (χ3n) is 9.83. The Morgan fingerprint density at radius 1 is 0.500 bits per heavy atom. The van der Waals surface area contributed by atoms with Gasteiger partial charge < -0.3 is 20.1 Å². The first-order chi connectivity index (χ1) is 22.2. The van der Waals surface area contributed by atoms with Crippen LogP contribution in [0.5, 0.6) is 0 Å². The lowest BCUT2D eigenvalue weighted by Gasteiger charge is -2.52. The third kappa shape index (κ3) is 18.4. The van der Waals surface area contributed by atoms with Crippen molar-refractivity contribution in [2.75, 3.05) is 6.54 Å². The van der Waals surface area contributed by atoms with Gasteiger partial charge in [-0.1, -0.05) is 136 Å². The first kappa shape index (κ1) is 44.1. The highest BCUT2D eigenvalue weighted by Crippen LogP contribution is 2.34. The molecule has 3 atom stereocenters. The molecule has 0 heterocycles. The number of nitrogens with zero attached hydrogens (tertiary/aromatic N) is 1. The summed E-state index contributed by atoms with van der Waals surface area (Å²) in [5, 5.41) is 33.1. The molecule has 0 radical (unpaired) electrons. The number of allylic oxidation sites excluding steroid dienone is 2. The molecule has 46 heavy (non-hydrogen) atoms. The highest BCUT2D eigenvalue weighted by atomic mass is 16.4. The average Bonchev–Trinajstić information content (AvgIpc) is 3.02. The van der Waals surface area contributed by atoms with Crippen molar-refractivity contribution in [2.45, 2.75) is 213 Å². The van der Waals surface area contributed by atoms with Crippen LogP contribution >= 0.6 is 0 Å². The average molecular weight is 652 g/mol. The van der Waals surface area contributed by atoms with E-state index in [-0.39, 0.29) is 25.8 Å². The Labute approximate surface area is 283 Å². The van der Waals surface area contributed by atoms with Crippen LogP contribution < -0.4 is 5.11 Å². The van der Waals surface area contributed by atoms with Crippen LogP contribution in [0.2, 0.25) is 0 Å². The zero-order valence-electron chi connectivity index (χ0n) is 30.5. The van der Waals surface area contributed by atoms with E-state index in [1.807, 2.05) is 20.8 Å². The number of hydrogen-bond acceptors (Lipinski definition) is 4. The van der Waals surface area contributed by atoms with Gasteiger partial charge in [0.1, 0.15) is 6.04 Å². The molecule has 0 aliphatic carbocycles. The maximum absolute atomic E-state index is 12.6. The summed E-state index contributed by atoms with van der Waals surface area (Å²) in [6.45, 7) is 8.09. The molecule has 0 aromatic carbocycles. The first-order valence-electron chi connectivity index (χ1n) is 19.4. The normalized spacial score (nSPS) is 15.0. The molecule has 0 fully saturated rings. The zero-order chi connectivity index (χ0) is 34.5. The number of quaternary nitrogens is 1. The van der Waals surface area contributed by atoms with Crippen LogP contribution in [0.1, 0.15) is 195 Å². The van der Waals surface area contributed by atoms with E-state index in [4.69, 9.17) is 0 Å². The minimum absolute atomic E-state index is 0.208. The van der Waals surface area contributed by atoms with Gasteiger partial charge in [-0.15, -0.1) is 0 Å². The van der Waals surface area contributed by atoms with Crippen LogP contribution in [0, 0.1) is 0 Å². The maximum atomic E-state index is 12.6. The van der Waals surface area contributed by atoms with Crippen molar-refractivity contribution < 1.29 is 34.2 Å². The van der Waals surface area contributed by atoms with Crippen molar-refractivity contribution in [3.05, 3.63) is 12.2 Å². The van der Waals surface area contributed by atoms with Gasteiger partial charge in [-0.05, 0) is 51.4 Å². The Hall–Kier alpha value is -1.89. The summed E-state index contributed by atoms with van der Waals surface area (Å²) in [6, 6.07) is -3.32. The summed E-state index contributed by atoms with van der Waals surface area (Å²) in [4.78, 5) is 37.7. The van der Waals surface area contributed by atoms with Crippen LogP contribution in [-0.2, 0) is 14.4 Å². The van der Waals surface area contributed by atoms with E-state index in [1.165, 1.54) is 103 Å². The van der Waals surface area contributed by atoms with Crippen molar-refractivity contribution >= 4 is 17.9 Å². The van der Waals surface area contributed by atoms with Crippen LogP contribution in [-0.4, -0.2) is 57.3 Å². The van der Waals surface area contributed by atoms with Gasteiger partial charge in [0, 0.05) is 19.3 Å². The van der Waals surface area contributed by atoms with Gasteiger partial charge in [0.2, 0.25) is 0 Å². The standard InChI is InChI=1S/C39H73NO6/c1-5-9-10-11-12-13-14-15-16-17-18-19-20-21-22-23-24-25-26-27-28-29-33-40(34(30-6-2)37(41)42,35(31-7-3)38(43)44)36(32-8-4)39(45)46/h14-15,34-36H,5-13,16-33H2,1-4H3,(H2-,41,42,43,44,45,46)/b15-14+. The van der Waals surface area contributed by atoms with Gasteiger partial charge >= 0.3 is 11.9 Å². The summed E-state index contributed by atoms with van der Waals surface area (Å²) in [6.07, 6.45) is 31.4. The molecule has 2 N–H and O–H groups in total. The second kappa shape index (κ2) is 29.3. The minimum Gasteiger partial charge on any atom is -0.544 e. The van der Waals surface area contributed by atoms with E-state index in [0.29, 0.717) is 25.7 Å². The number of unbranched alkanes of at least 4 members (excludes halogenated alkanes) is 18. The van der Waals surface area contributed by atoms with Crippen LogP contribution in [0.3, 0.4) is 0 Å². The van der Waals surface area contributed by atoms with Crippen molar-refractivity contribution in [1.29, 1.82) is 0 Å². The maximum Gasteiger partial charge on any atom is 0.362 e. The number of carbonyl (C=O) groups is 3. The Balaban J connectivity index is 4.58. The molecule has 0 aliphatic heterocycles. The van der Waals surface area contributed by atoms with Crippen molar-refractivity contribution in [3.63, 3.8) is 0 Å². The van der Waals surface area contributed by atoms with E-state index >= 15 is 0 Å². The second-order valence-corrected chi connectivity index (χ2v) is 13.7. The number of rotatable bonds is 34. The topological polar surface area (TPSA) is 115 Å². The van der Waals surface area contributed by atoms with Gasteiger partial charge in [0.15, 0.2) is 12.1 Å². The number of carbonyl (C=O) groups excluding carboxylic acids is 1. The summed E-state index contributed by atoms with van der Waals surface area (Å²) < 4.78 is -0.432. The van der Waals surface area contributed by atoms with Gasteiger partial charge in [0.05, 0.1) is 12.5 Å². The Bertz CT molecular complexity index is 738. The summed E-state index contributed by atoms with van der Waals surface area (Å²) >= 11 is 0. The third-order valence-corrected chi connectivity index (χ3v) is 9.83. The Morgan fingerprint density at radius 3 is 1.15 bits per heavy atom. The summed E-state index contributed by atoms with van der Waals surface area (Å²) in [5.74, 6) is -3.55. The predicted molar refractivity (Wildman–Crippen MR) is 189 cm³/mol. The van der Waals surface area contributed by atoms with Crippen molar-refractivity contribution in [2.24, 2.45) is 0 Å². The largest absolute Gasteiger partial charge is 0.544 e. The Morgan fingerprint density at radius 2 is 0.826 bits per heavy atom. The Kier molecular flexibility index (Phi) is 28.1. The molecule has 3 unspecified atom stereocenters. The molecule has 0 spiro atoms. The van der Waals surface area contributed by atoms with Gasteiger partial charge in [-0.25, -0.2) is 9.59 Å². The van der Waals surface area contributed by atoms with E-state index in [9.17, 15) is 29.7 Å². The minimum atomic E-state index is -1.33.